The molecule has 3 aromatic rings. The lowest BCUT2D eigenvalue weighted by molar-refractivity contribution is 0.0351. The molecule has 196 valence electrons. The third kappa shape index (κ3) is 4.66. The maximum Gasteiger partial charge on any atom is 0.341 e. The highest BCUT2D eigenvalue weighted by Gasteiger charge is 2.34. The van der Waals surface area contributed by atoms with Gasteiger partial charge in [-0.05, 0) is 49.3 Å². The average molecular weight is 524 g/mol. The minimum atomic E-state index is -1.22. The third-order valence-corrected chi connectivity index (χ3v) is 8.72. The molecule has 0 aliphatic carbocycles. The molecule has 1 fully saturated rings. The van der Waals surface area contributed by atoms with Crippen LogP contribution in [0.4, 0.5) is 5.13 Å². The second-order valence-corrected chi connectivity index (χ2v) is 12.4. The number of carboxylic acid groups (broad SMARTS) is 1. The number of anilines is 1. The van der Waals surface area contributed by atoms with Crippen molar-refractivity contribution >= 4 is 22.4 Å². The van der Waals surface area contributed by atoms with E-state index in [1.165, 1.54) is 12.3 Å². The lowest BCUT2D eigenvalue weighted by Crippen LogP contribution is -2.42. The second-order valence-electron chi connectivity index (χ2n) is 11.4. The van der Waals surface area contributed by atoms with E-state index in [1.54, 1.807) is 18.4 Å². The van der Waals surface area contributed by atoms with Gasteiger partial charge in [0.15, 0.2) is 10.6 Å². The first-order chi connectivity index (χ1) is 17.4. The number of carbonyl (C=O) groups is 1. The molecular formula is C28H33N3O5S. The summed E-state index contributed by atoms with van der Waals surface area (Å²) in [5, 5.41) is 20.8. The van der Waals surface area contributed by atoms with Crippen LogP contribution in [0.15, 0.2) is 35.4 Å². The Bertz CT molecular complexity index is 1420. The summed E-state index contributed by atoms with van der Waals surface area (Å²) in [6.45, 7) is 9.79. The molecule has 0 radical (unpaired) electrons. The number of carboxylic acids is 1. The zero-order valence-corrected chi connectivity index (χ0v) is 22.7. The van der Waals surface area contributed by atoms with Crippen LogP contribution < -0.4 is 15.1 Å². The van der Waals surface area contributed by atoms with Crippen molar-refractivity contribution < 1.29 is 19.7 Å². The van der Waals surface area contributed by atoms with Gasteiger partial charge in [-0.3, -0.25) is 4.79 Å². The summed E-state index contributed by atoms with van der Waals surface area (Å²) < 4.78 is 7.75. The Morgan fingerprint density at radius 1 is 1.19 bits per heavy atom. The first kappa shape index (κ1) is 25.5. The Balaban J connectivity index is 1.59. The molecule has 0 saturated carbocycles. The summed E-state index contributed by atoms with van der Waals surface area (Å²) in [5.41, 5.74) is 2.08. The van der Waals surface area contributed by atoms with E-state index in [4.69, 9.17) is 4.74 Å². The van der Waals surface area contributed by atoms with Crippen molar-refractivity contribution in [2.45, 2.75) is 58.6 Å². The van der Waals surface area contributed by atoms with E-state index in [9.17, 15) is 19.8 Å². The Kier molecular flexibility index (Phi) is 6.19. The summed E-state index contributed by atoms with van der Waals surface area (Å²) in [4.78, 5) is 32.3. The molecule has 5 rings (SSSR count). The van der Waals surface area contributed by atoms with Gasteiger partial charge >= 0.3 is 5.97 Å². The second kappa shape index (κ2) is 8.99. The first-order valence-corrected chi connectivity index (χ1v) is 13.3. The summed E-state index contributed by atoms with van der Waals surface area (Å²) in [6.07, 6.45) is 5.47. The van der Waals surface area contributed by atoms with Crippen LogP contribution in [-0.4, -0.2) is 51.5 Å². The number of methoxy groups -OCH3 is 1. The van der Waals surface area contributed by atoms with Crippen molar-refractivity contribution in [2.75, 3.05) is 25.1 Å². The number of aliphatic hydroxyl groups is 1. The van der Waals surface area contributed by atoms with E-state index in [0.29, 0.717) is 30.7 Å². The van der Waals surface area contributed by atoms with Gasteiger partial charge in [-0.1, -0.05) is 32.1 Å². The van der Waals surface area contributed by atoms with Gasteiger partial charge in [-0.2, -0.15) is 0 Å². The molecule has 0 amide bonds. The number of hydrogen-bond acceptors (Lipinski definition) is 7. The van der Waals surface area contributed by atoms with Gasteiger partial charge in [0.1, 0.15) is 11.3 Å². The lowest BCUT2D eigenvalue weighted by Gasteiger charge is -2.39. The number of aromatic carboxylic acids is 1. The van der Waals surface area contributed by atoms with E-state index >= 15 is 0 Å². The molecule has 1 unspecified atom stereocenters. The smallest absolute Gasteiger partial charge is 0.341 e. The van der Waals surface area contributed by atoms with Gasteiger partial charge in [0.2, 0.25) is 0 Å². The number of thiazole rings is 1. The van der Waals surface area contributed by atoms with Crippen molar-refractivity contribution in [1.29, 1.82) is 0 Å². The van der Waals surface area contributed by atoms with Gasteiger partial charge in [0.05, 0.1) is 23.3 Å². The van der Waals surface area contributed by atoms with Gasteiger partial charge in [-0.15, -0.1) is 0 Å². The maximum absolute atomic E-state index is 12.7. The van der Waals surface area contributed by atoms with Crippen molar-refractivity contribution in [3.8, 4) is 27.4 Å². The Labute approximate surface area is 220 Å². The molecule has 1 saturated heterocycles. The Hall–Kier alpha value is -3.17. The number of hydrogen-bond donors (Lipinski definition) is 2. The zero-order chi connectivity index (χ0) is 26.7. The summed E-state index contributed by atoms with van der Waals surface area (Å²) in [6, 6.07) is 5.49. The topological polar surface area (TPSA) is 105 Å². The fourth-order valence-corrected chi connectivity index (χ4v) is 6.31. The SMILES string of the molecule is COc1cc2c(cc1-c1cnc(N3CCC(C)(O)CC3)s1)CC(C(C)(C)C)n1cc(C(=O)O)c(=O)cc1-2. The molecule has 2 aromatic heterocycles. The standard InChI is InChI=1S/C28H33N3O5S/c1-27(2,3)24-11-16-10-18(23-14-29-26(37-23)30-8-6-28(4,35)7-9-30)22(36-5)12-17(16)20-13-21(32)19(25(33)34)15-31(20)24/h10,12-15,24,35H,6-9,11H2,1-5H3,(H,33,34). The van der Waals surface area contributed by atoms with Crippen molar-refractivity contribution in [3.63, 3.8) is 0 Å². The molecule has 2 N–H and O–H groups in total. The third-order valence-electron chi connectivity index (χ3n) is 7.63. The molecule has 1 aromatic carbocycles. The molecule has 9 heteroatoms. The highest BCUT2D eigenvalue weighted by atomic mass is 32.1. The van der Waals surface area contributed by atoms with Crippen molar-refractivity contribution in [3.05, 3.63) is 51.9 Å². The number of fused-ring (bicyclic) bond motifs is 3. The van der Waals surface area contributed by atoms with Gasteiger partial charge in [-0.25, -0.2) is 9.78 Å². The quantitative estimate of drug-likeness (QED) is 0.504. The fourth-order valence-electron chi connectivity index (χ4n) is 5.32. The number of benzene rings is 1. The van der Waals surface area contributed by atoms with E-state index in [-0.39, 0.29) is 17.0 Å². The summed E-state index contributed by atoms with van der Waals surface area (Å²) >= 11 is 1.61. The normalized spacial score (nSPS) is 18.8. The fraction of sp³-hybridized carbons (Fsp3) is 0.464. The van der Waals surface area contributed by atoms with Crippen LogP contribution in [0.25, 0.3) is 21.7 Å². The number of nitrogens with zero attached hydrogens (tertiary/aromatic N) is 3. The zero-order valence-electron chi connectivity index (χ0n) is 21.9. The summed E-state index contributed by atoms with van der Waals surface area (Å²) in [5.74, 6) is -0.545. The van der Waals surface area contributed by atoms with Crippen molar-refractivity contribution in [2.24, 2.45) is 5.41 Å². The Morgan fingerprint density at radius 3 is 2.51 bits per heavy atom. The predicted octanol–water partition coefficient (Wildman–Crippen LogP) is 4.84. The largest absolute Gasteiger partial charge is 0.496 e. The minimum absolute atomic E-state index is 0.0342. The predicted molar refractivity (Wildman–Crippen MR) is 145 cm³/mol. The van der Waals surface area contributed by atoms with Crippen LogP contribution in [0.3, 0.4) is 0 Å². The first-order valence-electron chi connectivity index (χ1n) is 12.5. The molecule has 0 bridgehead atoms. The monoisotopic (exact) mass is 523 g/mol. The molecule has 37 heavy (non-hydrogen) atoms. The lowest BCUT2D eigenvalue weighted by atomic mass is 9.78. The van der Waals surface area contributed by atoms with Crippen molar-refractivity contribution in [1.82, 2.24) is 9.55 Å². The van der Waals surface area contributed by atoms with E-state index < -0.39 is 17.0 Å². The number of rotatable bonds is 4. The van der Waals surface area contributed by atoms with Gasteiger partial charge in [0, 0.05) is 48.7 Å². The molecule has 1 atom stereocenters. The maximum atomic E-state index is 12.7. The van der Waals surface area contributed by atoms with Gasteiger partial charge < -0.3 is 24.4 Å². The van der Waals surface area contributed by atoms with Crippen LogP contribution in [0.5, 0.6) is 5.75 Å². The highest BCUT2D eigenvalue weighted by molar-refractivity contribution is 7.19. The number of ether oxygens (including phenoxy) is 1. The minimum Gasteiger partial charge on any atom is -0.496 e. The van der Waals surface area contributed by atoms with E-state index in [2.05, 4.69) is 36.7 Å². The molecule has 2 aliphatic rings. The molecule has 4 heterocycles. The average Bonchev–Trinajstić information content (AvgIpc) is 3.31. The van der Waals surface area contributed by atoms with Crippen LogP contribution in [0.1, 0.15) is 62.5 Å². The number of piperidine rings is 1. The van der Waals surface area contributed by atoms with Crippen LogP contribution in [-0.2, 0) is 6.42 Å². The Morgan fingerprint density at radius 2 is 1.89 bits per heavy atom. The molecule has 8 nitrogen and oxygen atoms in total. The molecular weight excluding hydrogens is 490 g/mol. The van der Waals surface area contributed by atoms with Gasteiger partial charge in [0.25, 0.3) is 0 Å². The number of pyridine rings is 1. The highest BCUT2D eigenvalue weighted by Crippen LogP contribution is 2.47. The van der Waals surface area contributed by atoms with E-state index in [1.807, 2.05) is 23.8 Å². The van der Waals surface area contributed by atoms with E-state index in [0.717, 1.165) is 39.8 Å². The van der Waals surface area contributed by atoms with Crippen LogP contribution >= 0.6 is 11.3 Å². The number of aromatic nitrogens is 2. The molecule has 2 aliphatic heterocycles. The molecule has 0 spiro atoms. The summed E-state index contributed by atoms with van der Waals surface area (Å²) in [7, 11) is 1.63. The van der Waals surface area contributed by atoms with Crippen LogP contribution in [0, 0.1) is 5.41 Å². The van der Waals surface area contributed by atoms with Crippen LogP contribution in [0.2, 0.25) is 0 Å².